The van der Waals surface area contributed by atoms with Crippen molar-refractivity contribution < 1.29 is 38.1 Å². The summed E-state index contributed by atoms with van der Waals surface area (Å²) in [5, 5.41) is 2.56. The monoisotopic (exact) mass is 363 g/mol. The van der Waals surface area contributed by atoms with E-state index >= 15 is 0 Å². The van der Waals surface area contributed by atoms with Crippen LogP contribution in [0.2, 0.25) is 0 Å². The summed E-state index contributed by atoms with van der Waals surface area (Å²) >= 11 is 4.24. The van der Waals surface area contributed by atoms with Crippen LogP contribution in [0.1, 0.15) is 27.7 Å². The van der Waals surface area contributed by atoms with Gasteiger partial charge in [0.2, 0.25) is 5.91 Å². The largest absolute Gasteiger partial charge is 0.463 e. The minimum atomic E-state index is -1.08. The summed E-state index contributed by atoms with van der Waals surface area (Å²) < 4.78 is 20.9. The Morgan fingerprint density at radius 2 is 1.50 bits per heavy atom. The van der Waals surface area contributed by atoms with E-state index in [0.29, 0.717) is 0 Å². The zero-order valence-corrected chi connectivity index (χ0v) is 14.7. The van der Waals surface area contributed by atoms with Crippen molar-refractivity contribution in [2.75, 3.05) is 6.61 Å². The summed E-state index contributed by atoms with van der Waals surface area (Å²) in [5.74, 6) is -2.24. The lowest BCUT2D eigenvalue weighted by atomic mass is 9.97. The molecule has 24 heavy (non-hydrogen) atoms. The molecule has 0 bridgehead atoms. The molecule has 9 nitrogen and oxygen atoms in total. The van der Waals surface area contributed by atoms with Crippen molar-refractivity contribution in [3.8, 4) is 0 Å². The molecule has 136 valence electrons. The molecule has 1 N–H and O–H groups in total. The van der Waals surface area contributed by atoms with Crippen LogP contribution in [0, 0.1) is 0 Å². The number of carbonyl (C=O) groups excluding carboxylic acids is 4. The highest BCUT2D eigenvalue weighted by molar-refractivity contribution is 7.80. The number of thiol groups is 1. The number of amides is 1. The van der Waals surface area contributed by atoms with E-state index in [1.54, 1.807) is 0 Å². The fourth-order valence-corrected chi connectivity index (χ4v) is 2.71. The molecular weight excluding hydrogens is 342 g/mol. The zero-order chi connectivity index (χ0) is 18.4. The molecule has 10 heteroatoms. The average Bonchev–Trinajstić information content (AvgIpc) is 2.42. The van der Waals surface area contributed by atoms with Crippen molar-refractivity contribution in [2.45, 2.75) is 57.5 Å². The third-order valence-electron chi connectivity index (χ3n) is 3.09. The molecule has 1 rings (SSSR count). The van der Waals surface area contributed by atoms with Gasteiger partial charge in [0.25, 0.3) is 0 Å². The van der Waals surface area contributed by atoms with Crippen LogP contribution in [-0.4, -0.2) is 60.2 Å². The van der Waals surface area contributed by atoms with E-state index in [4.69, 9.17) is 18.9 Å². The van der Waals surface area contributed by atoms with Crippen molar-refractivity contribution in [1.82, 2.24) is 5.32 Å². The lowest BCUT2D eigenvalue weighted by Crippen LogP contribution is -2.64. The van der Waals surface area contributed by atoms with Gasteiger partial charge < -0.3 is 24.3 Å². The maximum absolute atomic E-state index is 11.4. The quantitative estimate of drug-likeness (QED) is 0.384. The van der Waals surface area contributed by atoms with E-state index in [9.17, 15) is 19.2 Å². The standard InChI is InChI=1S/C14H21NO8S/c1-6(16)15-11-13(22-9(4)19)12(21-8(3)18)10(23-14(11)24)5-20-7(2)17/h10-14,24H,5H2,1-4H3,(H,15,16)/t10-,11-,12-,13-,14?/m1/s1. The van der Waals surface area contributed by atoms with Gasteiger partial charge in [-0.25, -0.2) is 0 Å². The molecule has 5 atom stereocenters. The molecule has 0 aromatic rings. The third-order valence-corrected chi connectivity index (χ3v) is 3.53. The molecule has 1 saturated heterocycles. The fourth-order valence-electron chi connectivity index (χ4n) is 2.31. The molecule has 1 aliphatic rings. The van der Waals surface area contributed by atoms with Crippen LogP contribution in [0.4, 0.5) is 0 Å². The van der Waals surface area contributed by atoms with Crippen molar-refractivity contribution in [1.29, 1.82) is 0 Å². The van der Waals surface area contributed by atoms with Gasteiger partial charge in [-0.15, -0.1) is 12.6 Å². The Kier molecular flexibility index (Phi) is 7.49. The SMILES string of the molecule is CC(=O)N[C@H]1C(S)O[C@H](COC(C)=O)[C@@H](OC(C)=O)[C@@H]1OC(C)=O. The Hall–Kier alpha value is -1.81. The molecule has 0 aromatic carbocycles. The van der Waals surface area contributed by atoms with E-state index < -0.39 is 53.6 Å². The van der Waals surface area contributed by atoms with E-state index in [-0.39, 0.29) is 6.61 Å². The van der Waals surface area contributed by atoms with Gasteiger partial charge in [-0.2, -0.15) is 0 Å². The summed E-state index contributed by atoms with van der Waals surface area (Å²) in [6.45, 7) is 4.62. The molecule has 0 saturated carbocycles. The van der Waals surface area contributed by atoms with Crippen molar-refractivity contribution in [3.05, 3.63) is 0 Å². The van der Waals surface area contributed by atoms with Gasteiger partial charge in [-0.3, -0.25) is 19.2 Å². The minimum Gasteiger partial charge on any atom is -0.463 e. The highest BCUT2D eigenvalue weighted by atomic mass is 32.1. The average molecular weight is 363 g/mol. The maximum Gasteiger partial charge on any atom is 0.303 e. The highest BCUT2D eigenvalue weighted by Crippen LogP contribution is 2.28. The van der Waals surface area contributed by atoms with Crippen molar-refractivity contribution >= 4 is 36.4 Å². The van der Waals surface area contributed by atoms with Crippen LogP contribution in [0.3, 0.4) is 0 Å². The van der Waals surface area contributed by atoms with Gasteiger partial charge in [-0.05, 0) is 0 Å². The van der Waals surface area contributed by atoms with Gasteiger partial charge in [0.1, 0.15) is 24.2 Å². The van der Waals surface area contributed by atoms with Crippen LogP contribution >= 0.6 is 12.6 Å². The third kappa shape index (κ3) is 6.00. The summed E-state index contributed by atoms with van der Waals surface area (Å²) in [4.78, 5) is 45.2. The zero-order valence-electron chi connectivity index (χ0n) is 13.8. The summed E-state index contributed by atoms with van der Waals surface area (Å²) in [6.07, 6.45) is -3.03. The predicted octanol–water partition coefficient (Wildman–Crippen LogP) is -0.428. The fraction of sp³-hybridized carbons (Fsp3) is 0.714. The molecule has 0 radical (unpaired) electrons. The molecule has 0 aromatic heterocycles. The highest BCUT2D eigenvalue weighted by Gasteiger charge is 2.49. The summed E-state index contributed by atoms with van der Waals surface area (Å²) in [6, 6.07) is -0.854. The number of hydrogen-bond donors (Lipinski definition) is 2. The molecule has 1 heterocycles. The van der Waals surface area contributed by atoms with Crippen LogP contribution in [0.15, 0.2) is 0 Å². The van der Waals surface area contributed by atoms with Crippen LogP contribution in [0.5, 0.6) is 0 Å². The first-order chi connectivity index (χ1) is 11.1. The van der Waals surface area contributed by atoms with E-state index in [1.807, 2.05) is 0 Å². The van der Waals surface area contributed by atoms with E-state index in [0.717, 1.165) is 0 Å². The van der Waals surface area contributed by atoms with Crippen molar-refractivity contribution in [2.24, 2.45) is 0 Å². The molecule has 1 fully saturated rings. The molecule has 1 amide bonds. The Bertz CT molecular complexity index is 511. The van der Waals surface area contributed by atoms with Crippen molar-refractivity contribution in [3.63, 3.8) is 0 Å². The Morgan fingerprint density at radius 1 is 0.958 bits per heavy atom. The second kappa shape index (κ2) is 8.88. The second-order valence-electron chi connectivity index (χ2n) is 5.24. The van der Waals surface area contributed by atoms with Crippen LogP contribution < -0.4 is 5.32 Å². The van der Waals surface area contributed by atoms with Gasteiger partial charge in [0, 0.05) is 27.7 Å². The molecule has 0 aliphatic carbocycles. The Labute approximate surface area is 144 Å². The maximum atomic E-state index is 11.4. The van der Waals surface area contributed by atoms with Crippen LogP contribution in [0.25, 0.3) is 0 Å². The number of carbonyl (C=O) groups is 4. The van der Waals surface area contributed by atoms with Gasteiger partial charge in [0.15, 0.2) is 12.2 Å². The number of esters is 3. The minimum absolute atomic E-state index is 0.227. The molecular formula is C14H21NO8S. The summed E-state index contributed by atoms with van der Waals surface area (Å²) in [5.41, 5.74) is -0.870. The first-order valence-corrected chi connectivity index (χ1v) is 7.72. The first-order valence-electron chi connectivity index (χ1n) is 7.20. The number of hydrogen-bond acceptors (Lipinski definition) is 9. The van der Waals surface area contributed by atoms with Crippen LogP contribution in [-0.2, 0) is 38.1 Å². The molecule has 1 aliphatic heterocycles. The lowest BCUT2D eigenvalue weighted by Gasteiger charge is -2.43. The normalized spacial score (nSPS) is 29.3. The predicted molar refractivity (Wildman–Crippen MR) is 83.0 cm³/mol. The van der Waals surface area contributed by atoms with Gasteiger partial charge in [0.05, 0.1) is 0 Å². The number of rotatable bonds is 5. The van der Waals surface area contributed by atoms with Gasteiger partial charge >= 0.3 is 17.9 Å². The van der Waals surface area contributed by atoms with E-state index in [1.165, 1.54) is 27.7 Å². The van der Waals surface area contributed by atoms with E-state index in [2.05, 4.69) is 17.9 Å². The Balaban J connectivity index is 3.11. The second-order valence-corrected chi connectivity index (χ2v) is 5.75. The van der Waals surface area contributed by atoms with Gasteiger partial charge in [-0.1, -0.05) is 0 Å². The number of nitrogens with one attached hydrogen (secondary N) is 1. The smallest absolute Gasteiger partial charge is 0.303 e. The molecule has 1 unspecified atom stereocenters. The first kappa shape index (κ1) is 20.2. The lowest BCUT2D eigenvalue weighted by molar-refractivity contribution is -0.211. The molecule has 0 spiro atoms. The summed E-state index contributed by atoms with van der Waals surface area (Å²) in [7, 11) is 0. The Morgan fingerprint density at radius 3 is 1.96 bits per heavy atom. The number of ether oxygens (including phenoxy) is 4. The topological polar surface area (TPSA) is 117 Å².